The molecule has 4 rings (SSSR count). The molecule has 2 aromatic rings. The second-order valence-electron chi connectivity index (χ2n) is 7.76. The summed E-state index contributed by atoms with van der Waals surface area (Å²) in [5.74, 6) is 0.0997. The van der Waals surface area contributed by atoms with Crippen LogP contribution >= 0.6 is 0 Å². The van der Waals surface area contributed by atoms with E-state index in [0.29, 0.717) is 26.2 Å². The maximum absolute atomic E-state index is 12.5. The summed E-state index contributed by atoms with van der Waals surface area (Å²) in [6.45, 7) is 3.79. The van der Waals surface area contributed by atoms with Gasteiger partial charge in [-0.25, -0.2) is 0 Å². The van der Waals surface area contributed by atoms with Crippen molar-refractivity contribution in [2.75, 3.05) is 26.9 Å². The zero-order valence-corrected chi connectivity index (χ0v) is 16.0. The maximum atomic E-state index is 12.5. The zero-order chi connectivity index (χ0) is 18.9. The number of hydrogen-bond acceptors (Lipinski definition) is 4. The first kappa shape index (κ1) is 18.1. The average Bonchev–Trinajstić information content (AvgIpc) is 2.62. The number of benzene rings is 1. The first-order valence-electron chi connectivity index (χ1n) is 9.49. The van der Waals surface area contributed by atoms with Gasteiger partial charge in [-0.05, 0) is 42.5 Å². The van der Waals surface area contributed by atoms with E-state index in [9.17, 15) is 4.79 Å². The van der Waals surface area contributed by atoms with Gasteiger partial charge in [-0.1, -0.05) is 30.3 Å². The maximum Gasteiger partial charge on any atom is 0.220 e. The number of rotatable bonds is 5. The normalized spacial score (nSPS) is 24.1. The Morgan fingerprint density at radius 3 is 2.63 bits per heavy atom. The Hall–Kier alpha value is -2.24. The standard InChI is InChI=1S/C22H26N2O3/c1-16-8-10-24-20(22(26-2)14-27-15-22)19(16)21(9-11-23-18(25)13-21)12-17-6-4-3-5-7-17/h3-8,10H,9,11-15H2,1-2H3,(H,23,25). The molecule has 142 valence electrons. The number of hydrogen-bond donors (Lipinski definition) is 1. The number of methoxy groups -OCH3 is 1. The summed E-state index contributed by atoms with van der Waals surface area (Å²) in [5, 5.41) is 3.00. The number of ether oxygens (including phenoxy) is 2. The highest BCUT2D eigenvalue weighted by Gasteiger charge is 2.49. The van der Waals surface area contributed by atoms with Crippen molar-refractivity contribution >= 4 is 5.91 Å². The molecule has 1 aromatic heterocycles. The lowest BCUT2D eigenvalue weighted by molar-refractivity contribution is -0.205. The van der Waals surface area contributed by atoms with Gasteiger partial charge in [0.05, 0.1) is 18.9 Å². The summed E-state index contributed by atoms with van der Waals surface area (Å²) in [6.07, 6.45) is 3.99. The van der Waals surface area contributed by atoms with Crippen molar-refractivity contribution in [3.05, 3.63) is 65.0 Å². The molecule has 2 aliphatic heterocycles. The minimum Gasteiger partial charge on any atom is -0.374 e. The monoisotopic (exact) mass is 366 g/mol. The van der Waals surface area contributed by atoms with Crippen molar-refractivity contribution < 1.29 is 14.3 Å². The first-order chi connectivity index (χ1) is 13.1. The van der Waals surface area contributed by atoms with Crippen LogP contribution in [0.5, 0.6) is 0 Å². The highest BCUT2D eigenvalue weighted by molar-refractivity contribution is 5.79. The number of nitrogens with one attached hydrogen (secondary N) is 1. The van der Waals surface area contributed by atoms with Crippen LogP contribution in [0.15, 0.2) is 42.6 Å². The SMILES string of the molecule is COC1(c2nccc(C)c2C2(Cc3ccccc3)CCNC(=O)C2)COC1. The molecule has 2 aliphatic rings. The smallest absolute Gasteiger partial charge is 0.220 e. The highest BCUT2D eigenvalue weighted by atomic mass is 16.6. The van der Waals surface area contributed by atoms with Gasteiger partial charge in [0, 0.05) is 31.7 Å². The number of aromatic nitrogens is 1. The quantitative estimate of drug-likeness (QED) is 0.884. The van der Waals surface area contributed by atoms with E-state index >= 15 is 0 Å². The largest absolute Gasteiger partial charge is 0.374 e. The fourth-order valence-electron chi connectivity index (χ4n) is 4.55. The fraction of sp³-hybridized carbons (Fsp3) is 0.455. The summed E-state index contributed by atoms with van der Waals surface area (Å²) in [5.41, 5.74) is 3.68. The van der Waals surface area contributed by atoms with Crippen LogP contribution in [0.3, 0.4) is 0 Å². The van der Waals surface area contributed by atoms with Gasteiger partial charge in [-0.2, -0.15) is 0 Å². The second-order valence-corrected chi connectivity index (χ2v) is 7.76. The zero-order valence-electron chi connectivity index (χ0n) is 16.0. The summed E-state index contributed by atoms with van der Waals surface area (Å²) >= 11 is 0. The minimum absolute atomic E-state index is 0.0997. The molecule has 0 saturated carbocycles. The Kier molecular flexibility index (Phi) is 4.74. The van der Waals surface area contributed by atoms with E-state index in [-0.39, 0.29) is 11.3 Å². The third-order valence-electron chi connectivity index (χ3n) is 5.99. The van der Waals surface area contributed by atoms with Gasteiger partial charge >= 0.3 is 0 Å². The predicted molar refractivity (Wildman–Crippen MR) is 103 cm³/mol. The summed E-state index contributed by atoms with van der Waals surface area (Å²) in [7, 11) is 1.72. The van der Waals surface area contributed by atoms with Crippen LogP contribution in [0.1, 0.15) is 35.2 Å². The Bertz CT molecular complexity index is 827. The van der Waals surface area contributed by atoms with Crippen molar-refractivity contribution in [2.45, 2.75) is 37.2 Å². The van der Waals surface area contributed by atoms with E-state index in [2.05, 4.69) is 36.5 Å². The van der Waals surface area contributed by atoms with Crippen LogP contribution in [0, 0.1) is 6.92 Å². The van der Waals surface area contributed by atoms with Crippen LogP contribution in [-0.2, 0) is 31.7 Å². The fourth-order valence-corrected chi connectivity index (χ4v) is 4.55. The molecule has 0 radical (unpaired) electrons. The molecule has 0 spiro atoms. The van der Waals surface area contributed by atoms with Gasteiger partial charge < -0.3 is 14.8 Å². The lowest BCUT2D eigenvalue weighted by Gasteiger charge is -2.45. The lowest BCUT2D eigenvalue weighted by atomic mass is 9.65. The molecule has 3 heterocycles. The molecule has 2 saturated heterocycles. The van der Waals surface area contributed by atoms with Crippen molar-refractivity contribution in [3.8, 4) is 0 Å². The van der Waals surface area contributed by atoms with Gasteiger partial charge in [0.2, 0.25) is 5.91 Å². The molecule has 1 N–H and O–H groups in total. The topological polar surface area (TPSA) is 60.5 Å². The summed E-state index contributed by atoms with van der Waals surface area (Å²) in [6, 6.07) is 12.5. The average molecular weight is 366 g/mol. The van der Waals surface area contributed by atoms with Crippen LogP contribution < -0.4 is 5.32 Å². The molecule has 1 atom stereocenters. The van der Waals surface area contributed by atoms with E-state index in [0.717, 1.165) is 29.7 Å². The molecule has 5 nitrogen and oxygen atoms in total. The van der Waals surface area contributed by atoms with E-state index in [1.54, 1.807) is 7.11 Å². The Morgan fingerprint density at radius 1 is 1.22 bits per heavy atom. The van der Waals surface area contributed by atoms with Crippen LogP contribution in [0.2, 0.25) is 0 Å². The highest BCUT2D eigenvalue weighted by Crippen LogP contribution is 2.45. The number of amides is 1. The van der Waals surface area contributed by atoms with Crippen molar-refractivity contribution in [1.82, 2.24) is 10.3 Å². The third-order valence-corrected chi connectivity index (χ3v) is 5.99. The Labute approximate surface area is 160 Å². The molecule has 1 amide bonds. The van der Waals surface area contributed by atoms with Gasteiger partial charge in [0.1, 0.15) is 0 Å². The molecule has 0 aliphatic carbocycles. The number of carbonyl (C=O) groups excluding carboxylic acids is 1. The molecule has 27 heavy (non-hydrogen) atoms. The van der Waals surface area contributed by atoms with Gasteiger partial charge in [-0.15, -0.1) is 0 Å². The van der Waals surface area contributed by atoms with E-state index < -0.39 is 5.60 Å². The molecular formula is C22H26N2O3. The Balaban J connectivity index is 1.87. The first-order valence-corrected chi connectivity index (χ1v) is 9.49. The van der Waals surface area contributed by atoms with Crippen molar-refractivity contribution in [1.29, 1.82) is 0 Å². The number of nitrogens with zero attached hydrogens (tertiary/aromatic N) is 1. The molecule has 2 fully saturated rings. The van der Waals surface area contributed by atoms with Gasteiger partial charge in [0.25, 0.3) is 0 Å². The summed E-state index contributed by atoms with van der Waals surface area (Å²) < 4.78 is 11.4. The van der Waals surface area contributed by atoms with Crippen molar-refractivity contribution in [2.24, 2.45) is 0 Å². The summed E-state index contributed by atoms with van der Waals surface area (Å²) in [4.78, 5) is 17.2. The van der Waals surface area contributed by atoms with Crippen molar-refractivity contribution in [3.63, 3.8) is 0 Å². The van der Waals surface area contributed by atoms with Crippen LogP contribution in [0.4, 0.5) is 0 Å². The molecular weight excluding hydrogens is 340 g/mol. The predicted octanol–water partition coefficient (Wildman–Crippen LogP) is 2.65. The van der Waals surface area contributed by atoms with E-state index in [1.165, 1.54) is 5.56 Å². The van der Waals surface area contributed by atoms with Crippen LogP contribution in [0.25, 0.3) is 0 Å². The molecule has 1 unspecified atom stereocenters. The van der Waals surface area contributed by atoms with E-state index in [4.69, 9.17) is 14.5 Å². The van der Waals surface area contributed by atoms with E-state index in [1.807, 2.05) is 18.3 Å². The molecule has 5 heteroatoms. The number of aryl methyl sites for hydroxylation is 1. The number of piperidine rings is 1. The number of carbonyl (C=O) groups is 1. The second kappa shape index (κ2) is 7.06. The molecule has 0 bridgehead atoms. The minimum atomic E-state index is -0.515. The van der Waals surface area contributed by atoms with Gasteiger partial charge in [0.15, 0.2) is 5.60 Å². The number of pyridine rings is 1. The lowest BCUT2D eigenvalue weighted by Crippen LogP contribution is -2.52. The third kappa shape index (κ3) is 3.15. The molecule has 1 aromatic carbocycles. The van der Waals surface area contributed by atoms with Gasteiger partial charge in [-0.3, -0.25) is 9.78 Å². The Morgan fingerprint density at radius 2 is 2.00 bits per heavy atom. The van der Waals surface area contributed by atoms with Crippen LogP contribution in [-0.4, -0.2) is 37.8 Å².